The van der Waals surface area contributed by atoms with Gasteiger partial charge in [-0.3, -0.25) is 9.59 Å². The molecule has 6 rings (SSSR count). The average Bonchev–Trinajstić information content (AvgIpc) is 3.64. The molecule has 2 aliphatic rings. The molecular formula is C27H24ClN5O4. The van der Waals surface area contributed by atoms with E-state index in [0.29, 0.717) is 51.1 Å². The van der Waals surface area contributed by atoms with Crippen LogP contribution < -0.4 is 15.4 Å². The summed E-state index contributed by atoms with van der Waals surface area (Å²) in [6.07, 6.45) is 7.26. The van der Waals surface area contributed by atoms with Gasteiger partial charge in [0.1, 0.15) is 16.9 Å². The van der Waals surface area contributed by atoms with Gasteiger partial charge in [-0.2, -0.15) is 0 Å². The van der Waals surface area contributed by atoms with Gasteiger partial charge >= 0.3 is 0 Å². The Morgan fingerprint density at radius 1 is 1.19 bits per heavy atom. The van der Waals surface area contributed by atoms with Crippen LogP contribution in [0.15, 0.2) is 48.9 Å². The number of hydrogen-bond acceptors (Lipinski definition) is 7. The number of rotatable bonds is 7. The van der Waals surface area contributed by atoms with E-state index in [9.17, 15) is 9.59 Å². The third-order valence-corrected chi connectivity index (χ3v) is 7.06. The van der Waals surface area contributed by atoms with E-state index in [2.05, 4.69) is 25.6 Å². The standard InChI is InChI=1S/C27H24ClN5O4/c1-27(13-36-2)26(35)32-20-12-31-25-22(23(20)33-27)18(11-30-25)24(34)17-6-5-16(10-19(17)28)37-21-9-15(7-8-29-21)14-3-4-14/h5-12,14,33H,3-4,13H2,1-2H3,(H,30,31)(H,32,35)/t27-/m0/s1. The van der Waals surface area contributed by atoms with Crippen molar-refractivity contribution in [3.63, 3.8) is 0 Å². The number of benzene rings is 1. The molecule has 3 aromatic heterocycles. The summed E-state index contributed by atoms with van der Waals surface area (Å²) in [6, 6.07) is 8.89. The number of aromatic nitrogens is 3. The highest BCUT2D eigenvalue weighted by molar-refractivity contribution is 6.36. The topological polar surface area (TPSA) is 118 Å². The molecule has 1 aliphatic carbocycles. The molecular weight excluding hydrogens is 494 g/mol. The van der Waals surface area contributed by atoms with Crippen molar-refractivity contribution in [2.24, 2.45) is 0 Å². The van der Waals surface area contributed by atoms with Crippen LogP contribution in [-0.4, -0.2) is 45.9 Å². The van der Waals surface area contributed by atoms with Gasteiger partial charge in [-0.15, -0.1) is 0 Å². The Bertz CT molecular complexity index is 1560. The molecule has 1 aromatic carbocycles. The lowest BCUT2D eigenvalue weighted by molar-refractivity contribution is -0.121. The van der Waals surface area contributed by atoms with Crippen LogP contribution in [0.5, 0.6) is 11.6 Å². The van der Waals surface area contributed by atoms with Crippen LogP contribution in [0.1, 0.15) is 47.2 Å². The second kappa shape index (κ2) is 8.86. The molecule has 0 radical (unpaired) electrons. The molecule has 0 spiro atoms. The zero-order chi connectivity index (χ0) is 25.7. The second-order valence-electron chi connectivity index (χ2n) is 9.59. The molecule has 37 heavy (non-hydrogen) atoms. The lowest BCUT2D eigenvalue weighted by Gasteiger charge is -2.35. The van der Waals surface area contributed by atoms with Crippen LogP contribution in [0, 0.1) is 0 Å². The van der Waals surface area contributed by atoms with Crippen molar-refractivity contribution in [1.29, 1.82) is 0 Å². The molecule has 4 heterocycles. The van der Waals surface area contributed by atoms with Gasteiger partial charge in [-0.1, -0.05) is 11.6 Å². The summed E-state index contributed by atoms with van der Waals surface area (Å²) in [5.41, 5.74) is 2.45. The molecule has 1 fully saturated rings. The van der Waals surface area contributed by atoms with Crippen molar-refractivity contribution in [3.05, 3.63) is 70.6 Å². The third-order valence-electron chi connectivity index (χ3n) is 6.74. The summed E-state index contributed by atoms with van der Waals surface area (Å²) < 4.78 is 11.2. The minimum atomic E-state index is -1.02. The predicted octanol–water partition coefficient (Wildman–Crippen LogP) is 5.28. The molecule has 9 nitrogen and oxygen atoms in total. The Balaban J connectivity index is 1.32. The Morgan fingerprint density at radius 3 is 2.78 bits per heavy atom. The number of carbonyl (C=O) groups is 2. The summed E-state index contributed by atoms with van der Waals surface area (Å²) in [7, 11) is 1.53. The minimum absolute atomic E-state index is 0.140. The molecule has 188 valence electrons. The zero-order valence-corrected chi connectivity index (χ0v) is 21.0. The van der Waals surface area contributed by atoms with Crippen molar-refractivity contribution in [3.8, 4) is 11.6 Å². The quantitative estimate of drug-likeness (QED) is 0.285. The highest BCUT2D eigenvalue weighted by Gasteiger charge is 2.39. The van der Waals surface area contributed by atoms with E-state index in [4.69, 9.17) is 21.1 Å². The van der Waals surface area contributed by atoms with Gasteiger partial charge in [0, 0.05) is 37.2 Å². The number of ketones is 1. The van der Waals surface area contributed by atoms with Gasteiger partial charge in [-0.05, 0) is 49.4 Å². The summed E-state index contributed by atoms with van der Waals surface area (Å²) >= 11 is 6.56. The van der Waals surface area contributed by atoms with Crippen LogP contribution >= 0.6 is 11.6 Å². The fraction of sp³-hybridized carbons (Fsp3) is 0.259. The SMILES string of the molecule is COC[C@]1(C)Nc2c(cnc3[nH]cc(C(=O)c4ccc(Oc5cc(C6CC6)ccn5)cc4Cl)c23)NC1=O. The average molecular weight is 518 g/mol. The van der Waals surface area contributed by atoms with Crippen LogP contribution in [0.3, 0.4) is 0 Å². The Kier molecular flexibility index (Phi) is 5.62. The van der Waals surface area contributed by atoms with E-state index in [0.717, 1.165) is 0 Å². The number of nitrogens with zero attached hydrogens (tertiary/aromatic N) is 2. The van der Waals surface area contributed by atoms with E-state index >= 15 is 0 Å². The Morgan fingerprint density at radius 2 is 2.03 bits per heavy atom. The Labute approximate surface area is 217 Å². The summed E-state index contributed by atoms with van der Waals surface area (Å²) in [5, 5.41) is 6.93. The molecule has 1 aliphatic heterocycles. The number of methoxy groups -OCH3 is 1. The lowest BCUT2D eigenvalue weighted by atomic mass is 9.96. The van der Waals surface area contributed by atoms with Crippen molar-refractivity contribution in [2.45, 2.75) is 31.2 Å². The number of nitrogens with one attached hydrogen (secondary N) is 3. The highest BCUT2D eigenvalue weighted by Crippen LogP contribution is 2.41. The highest BCUT2D eigenvalue weighted by atomic mass is 35.5. The van der Waals surface area contributed by atoms with E-state index in [1.807, 2.05) is 12.1 Å². The number of ether oxygens (including phenoxy) is 2. The number of fused-ring (bicyclic) bond motifs is 3. The van der Waals surface area contributed by atoms with Crippen LogP contribution in [0.2, 0.25) is 5.02 Å². The van der Waals surface area contributed by atoms with Crippen LogP contribution in [0.25, 0.3) is 11.0 Å². The number of pyridine rings is 2. The number of halogens is 1. The van der Waals surface area contributed by atoms with E-state index in [-0.39, 0.29) is 23.3 Å². The molecule has 1 saturated carbocycles. The minimum Gasteiger partial charge on any atom is -0.439 e. The van der Waals surface area contributed by atoms with Crippen LogP contribution in [-0.2, 0) is 9.53 Å². The number of anilines is 2. The van der Waals surface area contributed by atoms with Crippen molar-refractivity contribution in [2.75, 3.05) is 24.4 Å². The van der Waals surface area contributed by atoms with Crippen molar-refractivity contribution >= 4 is 45.7 Å². The first kappa shape index (κ1) is 23.4. The number of hydrogen-bond donors (Lipinski definition) is 3. The predicted molar refractivity (Wildman–Crippen MR) is 140 cm³/mol. The van der Waals surface area contributed by atoms with Gasteiger partial charge < -0.3 is 25.1 Å². The maximum atomic E-state index is 13.7. The van der Waals surface area contributed by atoms with Gasteiger partial charge in [0.2, 0.25) is 5.88 Å². The maximum absolute atomic E-state index is 13.7. The van der Waals surface area contributed by atoms with Gasteiger partial charge in [0.25, 0.3) is 5.91 Å². The van der Waals surface area contributed by atoms with E-state index < -0.39 is 5.54 Å². The van der Waals surface area contributed by atoms with Crippen molar-refractivity contribution < 1.29 is 19.1 Å². The van der Waals surface area contributed by atoms with Crippen molar-refractivity contribution in [1.82, 2.24) is 15.0 Å². The fourth-order valence-electron chi connectivity index (χ4n) is 4.64. The summed E-state index contributed by atoms with van der Waals surface area (Å²) in [4.78, 5) is 38.0. The van der Waals surface area contributed by atoms with Crippen LogP contribution in [0.4, 0.5) is 11.4 Å². The number of H-pyrrole nitrogens is 1. The smallest absolute Gasteiger partial charge is 0.252 e. The molecule has 0 bridgehead atoms. The van der Waals surface area contributed by atoms with E-state index in [1.165, 1.54) is 25.5 Å². The van der Waals surface area contributed by atoms with E-state index in [1.54, 1.807) is 43.7 Å². The largest absolute Gasteiger partial charge is 0.439 e. The number of aromatic amines is 1. The first-order valence-corrected chi connectivity index (χ1v) is 12.3. The fourth-order valence-corrected chi connectivity index (χ4v) is 4.90. The molecule has 10 heteroatoms. The molecule has 0 unspecified atom stereocenters. The molecule has 0 saturated heterocycles. The number of amides is 1. The zero-order valence-electron chi connectivity index (χ0n) is 20.2. The first-order valence-electron chi connectivity index (χ1n) is 11.9. The summed E-state index contributed by atoms with van der Waals surface area (Å²) in [6.45, 7) is 1.88. The van der Waals surface area contributed by atoms with Gasteiger partial charge in [-0.25, -0.2) is 9.97 Å². The number of carbonyl (C=O) groups excluding carboxylic acids is 2. The molecule has 1 atom stereocenters. The monoisotopic (exact) mass is 517 g/mol. The first-order chi connectivity index (χ1) is 17.9. The van der Waals surface area contributed by atoms with Gasteiger partial charge in [0.05, 0.1) is 40.2 Å². The van der Waals surface area contributed by atoms with Gasteiger partial charge in [0.15, 0.2) is 5.78 Å². The maximum Gasteiger partial charge on any atom is 0.252 e. The molecule has 1 amide bonds. The molecule has 4 aromatic rings. The Hall–Kier alpha value is -3.95. The summed E-state index contributed by atoms with van der Waals surface area (Å²) in [5.74, 6) is 1.02. The second-order valence-corrected chi connectivity index (χ2v) is 10.00. The third kappa shape index (κ3) is 4.20. The lowest BCUT2D eigenvalue weighted by Crippen LogP contribution is -2.53. The normalized spacial score (nSPS) is 18.7. The molecule has 3 N–H and O–H groups in total.